The zero-order valence-corrected chi connectivity index (χ0v) is 18.7. The van der Waals surface area contributed by atoms with Gasteiger partial charge in [-0.2, -0.15) is 0 Å². The van der Waals surface area contributed by atoms with Crippen molar-refractivity contribution in [3.8, 4) is 16.3 Å². The SMILES string of the molecule is C=S(=O)(c1ccc2nc(-c3ccc(OC(F)(F)F)cc3)sc2c1)C1(C(C)=O)CCOCC1. The van der Waals surface area contributed by atoms with Crippen molar-refractivity contribution >= 4 is 42.7 Å². The molecule has 1 fully saturated rings. The third-order valence-electron chi connectivity index (χ3n) is 5.65. The molecule has 3 aromatic rings. The van der Waals surface area contributed by atoms with Gasteiger partial charge in [-0.3, -0.25) is 9.00 Å². The number of nitrogens with zero attached hydrogens (tertiary/aromatic N) is 1. The summed E-state index contributed by atoms with van der Waals surface area (Å²) >= 11 is 1.32. The average Bonchev–Trinajstić information content (AvgIpc) is 3.17. The van der Waals surface area contributed by atoms with Crippen LogP contribution in [0.15, 0.2) is 47.4 Å². The second-order valence-corrected chi connectivity index (χ2v) is 11.2. The Hall–Kier alpha value is -2.43. The molecule has 2 heterocycles. The lowest BCUT2D eigenvalue weighted by molar-refractivity contribution is -0.274. The smallest absolute Gasteiger partial charge is 0.406 e. The molecule has 1 atom stereocenters. The fraction of sp³-hybridized carbons (Fsp3) is 0.318. The minimum absolute atomic E-state index is 0.160. The Morgan fingerprint density at radius 2 is 1.84 bits per heavy atom. The number of carbonyl (C=O) groups is 1. The van der Waals surface area contributed by atoms with Gasteiger partial charge in [-0.15, -0.1) is 24.5 Å². The largest absolute Gasteiger partial charge is 0.573 e. The van der Waals surface area contributed by atoms with E-state index in [0.29, 0.717) is 47.0 Å². The van der Waals surface area contributed by atoms with Crippen LogP contribution in [0.25, 0.3) is 20.8 Å². The van der Waals surface area contributed by atoms with Crippen LogP contribution in [0.2, 0.25) is 0 Å². The third-order valence-corrected chi connectivity index (χ3v) is 9.69. The lowest BCUT2D eigenvalue weighted by atomic mass is 9.95. The van der Waals surface area contributed by atoms with Crippen LogP contribution in [0.5, 0.6) is 5.75 Å². The quantitative estimate of drug-likeness (QED) is 0.474. The third kappa shape index (κ3) is 4.14. The number of aromatic nitrogens is 1. The van der Waals surface area contributed by atoms with Gasteiger partial charge in [0.1, 0.15) is 21.3 Å². The molecule has 2 aromatic carbocycles. The second-order valence-electron chi connectivity index (χ2n) is 7.56. The number of fused-ring (bicyclic) bond motifs is 1. The predicted molar refractivity (Wildman–Crippen MR) is 119 cm³/mol. The number of benzene rings is 2. The highest BCUT2D eigenvalue weighted by atomic mass is 32.2. The molecule has 0 spiro atoms. The predicted octanol–water partition coefficient (Wildman–Crippen LogP) is 5.08. The Kier molecular flexibility index (Phi) is 5.81. The number of ketones is 1. The van der Waals surface area contributed by atoms with Gasteiger partial charge < -0.3 is 9.47 Å². The van der Waals surface area contributed by atoms with Gasteiger partial charge in [-0.1, -0.05) is 0 Å². The molecule has 5 nitrogen and oxygen atoms in total. The second kappa shape index (κ2) is 8.17. The van der Waals surface area contributed by atoms with Crippen molar-refractivity contribution in [3.63, 3.8) is 0 Å². The molecule has 0 aliphatic carbocycles. The highest BCUT2D eigenvalue weighted by Crippen LogP contribution is 2.38. The Morgan fingerprint density at radius 3 is 2.44 bits per heavy atom. The molecule has 0 N–H and O–H groups in total. The molecule has 4 rings (SSSR count). The van der Waals surface area contributed by atoms with Crippen LogP contribution in [0.3, 0.4) is 0 Å². The summed E-state index contributed by atoms with van der Waals surface area (Å²) in [5.41, 5.74) is 1.28. The van der Waals surface area contributed by atoms with Crippen LogP contribution in [-0.4, -0.2) is 45.2 Å². The first-order valence-electron chi connectivity index (χ1n) is 9.74. The van der Waals surface area contributed by atoms with Crippen molar-refractivity contribution in [2.24, 2.45) is 0 Å². The number of ether oxygens (including phenoxy) is 2. The molecule has 10 heteroatoms. The summed E-state index contributed by atoms with van der Waals surface area (Å²) in [7, 11) is -2.97. The molecule has 1 aliphatic rings. The van der Waals surface area contributed by atoms with Crippen LogP contribution in [-0.2, 0) is 19.1 Å². The topological polar surface area (TPSA) is 65.5 Å². The lowest BCUT2D eigenvalue weighted by Crippen LogP contribution is -2.49. The molecule has 32 heavy (non-hydrogen) atoms. The molecule has 1 unspecified atom stereocenters. The molecule has 1 saturated heterocycles. The summed E-state index contributed by atoms with van der Waals surface area (Å²) < 4.78 is 59.9. The maximum atomic E-state index is 13.9. The number of hydrogen-bond acceptors (Lipinski definition) is 6. The number of hydrogen-bond donors (Lipinski definition) is 0. The zero-order valence-electron chi connectivity index (χ0n) is 17.1. The van der Waals surface area contributed by atoms with E-state index in [1.807, 2.05) is 0 Å². The fourth-order valence-corrected chi connectivity index (χ4v) is 7.30. The van der Waals surface area contributed by atoms with Gasteiger partial charge in [0.05, 0.1) is 10.2 Å². The summed E-state index contributed by atoms with van der Waals surface area (Å²) in [6, 6.07) is 10.6. The Balaban J connectivity index is 1.68. The zero-order chi connectivity index (χ0) is 23.1. The summed E-state index contributed by atoms with van der Waals surface area (Å²) in [5, 5.41) is 0.596. The van der Waals surface area contributed by atoms with Crippen molar-refractivity contribution in [1.82, 2.24) is 4.98 Å². The van der Waals surface area contributed by atoms with Gasteiger partial charge in [-0.05, 0) is 68.1 Å². The Bertz CT molecular complexity index is 1260. The monoisotopic (exact) mass is 483 g/mol. The molecule has 0 radical (unpaired) electrons. The van der Waals surface area contributed by atoms with Crippen molar-refractivity contribution in [2.75, 3.05) is 13.2 Å². The maximum Gasteiger partial charge on any atom is 0.573 e. The van der Waals surface area contributed by atoms with Crippen molar-refractivity contribution in [2.45, 2.75) is 35.8 Å². The minimum atomic E-state index is -4.75. The number of thiazole rings is 1. The highest BCUT2D eigenvalue weighted by molar-refractivity contribution is 8.02. The summed E-state index contributed by atoms with van der Waals surface area (Å²) in [4.78, 5) is 17.6. The summed E-state index contributed by atoms with van der Waals surface area (Å²) in [5.74, 6) is 3.53. The fourth-order valence-electron chi connectivity index (χ4n) is 3.87. The van der Waals surface area contributed by atoms with Gasteiger partial charge in [0.2, 0.25) is 0 Å². The normalized spacial score (nSPS) is 18.2. The van der Waals surface area contributed by atoms with Crippen molar-refractivity contribution in [3.05, 3.63) is 42.5 Å². The summed E-state index contributed by atoms with van der Waals surface area (Å²) in [6.45, 7) is 2.16. The standard InChI is InChI=1S/C22H20F3NO4S2/c1-14(27)21(9-11-29-12-10-21)32(2,28)17-7-8-18-19(13-17)31-20(26-18)15-3-5-16(6-4-15)30-22(23,24)25/h3-8,13H,2,9-12H2,1H3. The van der Waals surface area contributed by atoms with Gasteiger partial charge in [0, 0.05) is 33.2 Å². The number of Topliss-reactive ketones (excluding diaryl/α,β-unsaturated/α-hetero) is 1. The molecule has 1 aromatic heterocycles. The van der Waals surface area contributed by atoms with Crippen LogP contribution < -0.4 is 4.74 Å². The van der Waals surface area contributed by atoms with Gasteiger partial charge in [0.25, 0.3) is 0 Å². The maximum absolute atomic E-state index is 13.9. The molecule has 170 valence electrons. The lowest BCUT2D eigenvalue weighted by Gasteiger charge is -2.37. The molecule has 1 aliphatic heterocycles. The van der Waals surface area contributed by atoms with Crippen LogP contribution in [0, 0.1) is 0 Å². The van der Waals surface area contributed by atoms with Gasteiger partial charge in [0.15, 0.2) is 0 Å². The molecule has 0 amide bonds. The first kappa shape index (κ1) is 22.8. The van der Waals surface area contributed by atoms with Gasteiger partial charge in [-0.25, -0.2) is 4.98 Å². The minimum Gasteiger partial charge on any atom is -0.406 e. The number of alkyl halides is 3. The van der Waals surface area contributed by atoms with Crippen LogP contribution in [0.1, 0.15) is 19.8 Å². The number of rotatable bonds is 5. The van der Waals surface area contributed by atoms with Crippen molar-refractivity contribution in [1.29, 1.82) is 0 Å². The number of carbonyl (C=O) groups excluding carboxylic acids is 1. The number of halogens is 3. The Morgan fingerprint density at radius 1 is 1.19 bits per heavy atom. The highest BCUT2D eigenvalue weighted by Gasteiger charge is 2.45. The van der Waals surface area contributed by atoms with E-state index in [0.717, 1.165) is 4.70 Å². The average molecular weight is 484 g/mol. The van der Waals surface area contributed by atoms with E-state index in [1.165, 1.54) is 42.5 Å². The van der Waals surface area contributed by atoms with E-state index in [-0.39, 0.29) is 11.5 Å². The molecular formula is C22H20F3NO4S2. The van der Waals surface area contributed by atoms with E-state index in [1.54, 1.807) is 18.2 Å². The summed E-state index contributed by atoms with van der Waals surface area (Å²) in [6.07, 6.45) is -4.05. The van der Waals surface area contributed by atoms with E-state index in [4.69, 9.17) is 4.74 Å². The Labute approximate surface area is 187 Å². The molecule has 0 saturated carbocycles. The molecular weight excluding hydrogens is 463 g/mol. The van der Waals surface area contributed by atoms with Crippen LogP contribution >= 0.6 is 11.3 Å². The van der Waals surface area contributed by atoms with Gasteiger partial charge >= 0.3 is 6.36 Å². The van der Waals surface area contributed by atoms with E-state index < -0.39 is 20.6 Å². The van der Waals surface area contributed by atoms with Crippen LogP contribution in [0.4, 0.5) is 13.2 Å². The van der Waals surface area contributed by atoms with Crippen molar-refractivity contribution < 1.29 is 31.6 Å². The molecule has 0 bridgehead atoms. The first-order valence-corrected chi connectivity index (χ1v) is 12.3. The first-order chi connectivity index (χ1) is 15.0. The van der Waals surface area contributed by atoms with E-state index in [2.05, 4.69) is 15.6 Å². The van der Waals surface area contributed by atoms with E-state index in [9.17, 15) is 22.2 Å². The van der Waals surface area contributed by atoms with E-state index >= 15 is 0 Å².